The lowest BCUT2D eigenvalue weighted by molar-refractivity contribution is -0.137. The Kier molecular flexibility index (Phi) is 6.86. The van der Waals surface area contributed by atoms with E-state index in [1.165, 1.54) is 6.42 Å². The van der Waals surface area contributed by atoms with Crippen molar-refractivity contribution in [3.63, 3.8) is 0 Å². The summed E-state index contributed by atoms with van der Waals surface area (Å²) in [6, 6.07) is 6.49. The molecule has 1 aromatic rings. The van der Waals surface area contributed by atoms with Gasteiger partial charge in [-0.3, -0.25) is 9.59 Å². The van der Waals surface area contributed by atoms with Gasteiger partial charge in [0.25, 0.3) is 0 Å². The Morgan fingerprint density at radius 2 is 1.96 bits per heavy atom. The topological polar surface area (TPSA) is 78.4 Å². The van der Waals surface area contributed by atoms with E-state index in [0.29, 0.717) is 23.0 Å². The maximum Gasteiger partial charge on any atom is 0.313 e. The van der Waals surface area contributed by atoms with Crippen LogP contribution in [0.25, 0.3) is 0 Å². The Balaban J connectivity index is 1.93. The molecule has 2 rings (SSSR count). The fourth-order valence-electron chi connectivity index (χ4n) is 3.09. The summed E-state index contributed by atoms with van der Waals surface area (Å²) in [5, 5.41) is 15.0. The van der Waals surface area contributed by atoms with Crippen molar-refractivity contribution in [3.8, 4) is 0 Å². The number of rotatable bonds is 5. The number of amides is 2. The fraction of sp³-hybridized carbons (Fsp3) is 0.529. The van der Waals surface area contributed by atoms with Gasteiger partial charge in [0.1, 0.15) is 0 Å². The average molecular weight is 339 g/mol. The lowest BCUT2D eigenvalue weighted by Gasteiger charge is -2.30. The van der Waals surface area contributed by atoms with Crippen molar-refractivity contribution in [2.75, 3.05) is 11.9 Å². The standard InChI is InChI=1S/C17H23ClN2O3/c18-13-7-4-8-14(11-13)19-16(22)17(23)20-15(9-10-21)12-5-2-1-3-6-12/h4,7-8,11-12,15,21H,1-3,5-6,9-10H2,(H,19,22)(H,20,23). The van der Waals surface area contributed by atoms with E-state index in [9.17, 15) is 14.7 Å². The molecule has 0 bridgehead atoms. The molecule has 2 amide bonds. The third-order valence-electron chi connectivity index (χ3n) is 4.26. The van der Waals surface area contributed by atoms with Crippen LogP contribution in [0.1, 0.15) is 38.5 Å². The zero-order valence-electron chi connectivity index (χ0n) is 13.1. The van der Waals surface area contributed by atoms with Crippen LogP contribution in [0.15, 0.2) is 24.3 Å². The highest BCUT2D eigenvalue weighted by atomic mass is 35.5. The van der Waals surface area contributed by atoms with Crippen molar-refractivity contribution in [2.24, 2.45) is 5.92 Å². The second kappa shape index (κ2) is 8.89. The summed E-state index contributed by atoms with van der Waals surface area (Å²) in [6.07, 6.45) is 6.02. The van der Waals surface area contributed by atoms with Gasteiger partial charge in [0.15, 0.2) is 0 Å². The minimum absolute atomic E-state index is 0.00262. The highest BCUT2D eigenvalue weighted by Gasteiger charge is 2.26. The molecule has 0 aliphatic heterocycles. The van der Waals surface area contributed by atoms with Crippen molar-refractivity contribution in [3.05, 3.63) is 29.3 Å². The molecule has 1 fully saturated rings. The van der Waals surface area contributed by atoms with Gasteiger partial charge >= 0.3 is 11.8 Å². The molecule has 0 spiro atoms. The molecule has 1 aliphatic rings. The van der Waals surface area contributed by atoms with Gasteiger partial charge < -0.3 is 15.7 Å². The van der Waals surface area contributed by atoms with Crippen molar-refractivity contribution < 1.29 is 14.7 Å². The van der Waals surface area contributed by atoms with E-state index in [1.54, 1.807) is 24.3 Å². The van der Waals surface area contributed by atoms with Crippen molar-refractivity contribution >= 4 is 29.1 Å². The van der Waals surface area contributed by atoms with Gasteiger partial charge in [0.2, 0.25) is 0 Å². The maximum absolute atomic E-state index is 12.1. The van der Waals surface area contributed by atoms with Gasteiger partial charge in [-0.2, -0.15) is 0 Å². The summed E-state index contributed by atoms with van der Waals surface area (Å²) in [6.45, 7) is -0.00262. The Hall–Kier alpha value is -1.59. The third-order valence-corrected chi connectivity index (χ3v) is 4.50. The van der Waals surface area contributed by atoms with E-state index in [2.05, 4.69) is 10.6 Å². The molecule has 1 aliphatic carbocycles. The molecule has 1 aromatic carbocycles. The molecule has 0 aromatic heterocycles. The first-order valence-electron chi connectivity index (χ1n) is 8.08. The largest absolute Gasteiger partial charge is 0.396 e. The van der Waals surface area contributed by atoms with Gasteiger partial charge in [-0.05, 0) is 43.4 Å². The van der Waals surface area contributed by atoms with Crippen LogP contribution in [0, 0.1) is 5.92 Å². The Morgan fingerprint density at radius 1 is 1.22 bits per heavy atom. The van der Waals surface area contributed by atoms with Crippen molar-refractivity contribution in [1.29, 1.82) is 0 Å². The second-order valence-electron chi connectivity index (χ2n) is 5.95. The SMILES string of the molecule is O=C(Nc1cccc(Cl)c1)C(=O)NC(CCO)C1CCCCC1. The highest BCUT2D eigenvalue weighted by molar-refractivity contribution is 6.40. The predicted molar refractivity (Wildman–Crippen MR) is 90.3 cm³/mol. The quantitative estimate of drug-likeness (QED) is 0.722. The summed E-state index contributed by atoms with van der Waals surface area (Å²) in [5.74, 6) is -1.06. The number of hydrogen-bond donors (Lipinski definition) is 3. The molecular weight excluding hydrogens is 316 g/mol. The smallest absolute Gasteiger partial charge is 0.313 e. The first-order valence-corrected chi connectivity index (χ1v) is 8.46. The maximum atomic E-state index is 12.1. The fourth-order valence-corrected chi connectivity index (χ4v) is 3.28. The first-order chi connectivity index (χ1) is 11.1. The van der Waals surface area contributed by atoms with Gasteiger partial charge in [0, 0.05) is 23.4 Å². The summed E-state index contributed by atoms with van der Waals surface area (Å²) < 4.78 is 0. The van der Waals surface area contributed by atoms with Gasteiger partial charge in [-0.25, -0.2) is 0 Å². The van der Waals surface area contributed by atoms with Gasteiger partial charge in [0.05, 0.1) is 0 Å². The lowest BCUT2D eigenvalue weighted by Crippen LogP contribution is -2.46. The Bertz CT molecular complexity index is 544. The number of nitrogens with one attached hydrogen (secondary N) is 2. The molecule has 23 heavy (non-hydrogen) atoms. The van der Waals surface area contributed by atoms with E-state index < -0.39 is 11.8 Å². The van der Waals surface area contributed by atoms with Gasteiger partial charge in [-0.1, -0.05) is 36.9 Å². The number of anilines is 1. The molecule has 0 heterocycles. The molecular formula is C17H23ClN2O3. The van der Waals surface area contributed by atoms with E-state index in [-0.39, 0.29) is 12.6 Å². The molecule has 126 valence electrons. The monoisotopic (exact) mass is 338 g/mol. The van der Waals surface area contributed by atoms with Crippen molar-refractivity contribution in [1.82, 2.24) is 5.32 Å². The Morgan fingerprint density at radius 3 is 2.61 bits per heavy atom. The van der Waals surface area contributed by atoms with Crippen LogP contribution in [-0.4, -0.2) is 29.6 Å². The molecule has 0 saturated heterocycles. The zero-order valence-corrected chi connectivity index (χ0v) is 13.8. The van der Waals surface area contributed by atoms with Crippen LogP contribution in [0.2, 0.25) is 5.02 Å². The minimum atomic E-state index is -0.717. The molecule has 6 heteroatoms. The average Bonchev–Trinajstić information content (AvgIpc) is 2.55. The van der Waals surface area contributed by atoms with E-state index in [0.717, 1.165) is 25.7 Å². The number of carbonyl (C=O) groups excluding carboxylic acids is 2. The molecule has 1 atom stereocenters. The summed E-state index contributed by atoms with van der Waals surface area (Å²) >= 11 is 5.86. The number of aliphatic hydroxyl groups is 1. The first kappa shape index (κ1) is 17.8. The minimum Gasteiger partial charge on any atom is -0.396 e. The van der Waals surface area contributed by atoms with Crippen LogP contribution in [0.3, 0.4) is 0 Å². The Labute approximate surface area is 141 Å². The number of aliphatic hydroxyl groups excluding tert-OH is 1. The highest BCUT2D eigenvalue weighted by Crippen LogP contribution is 2.27. The summed E-state index contributed by atoms with van der Waals surface area (Å²) in [4.78, 5) is 24.1. The number of hydrogen-bond acceptors (Lipinski definition) is 3. The van der Waals surface area contributed by atoms with Crippen molar-refractivity contribution in [2.45, 2.75) is 44.6 Å². The summed E-state index contributed by atoms with van der Waals surface area (Å²) in [5.41, 5.74) is 0.481. The number of benzene rings is 1. The summed E-state index contributed by atoms with van der Waals surface area (Å²) in [7, 11) is 0. The van der Waals surface area contributed by atoms with Gasteiger partial charge in [-0.15, -0.1) is 0 Å². The zero-order chi connectivity index (χ0) is 16.7. The lowest BCUT2D eigenvalue weighted by atomic mass is 9.82. The van der Waals surface area contributed by atoms with Crippen LogP contribution in [0.4, 0.5) is 5.69 Å². The number of carbonyl (C=O) groups is 2. The van der Waals surface area contributed by atoms with E-state index in [4.69, 9.17) is 11.6 Å². The number of halogens is 1. The predicted octanol–water partition coefficient (Wildman–Crippen LogP) is 2.73. The van der Waals surface area contributed by atoms with Crippen LogP contribution in [-0.2, 0) is 9.59 Å². The van der Waals surface area contributed by atoms with E-state index in [1.807, 2.05) is 0 Å². The third kappa shape index (κ3) is 5.52. The van der Waals surface area contributed by atoms with Crippen LogP contribution < -0.4 is 10.6 Å². The molecule has 5 nitrogen and oxygen atoms in total. The molecule has 1 unspecified atom stereocenters. The molecule has 1 saturated carbocycles. The normalized spacial score (nSPS) is 16.6. The molecule has 0 radical (unpaired) electrons. The van der Waals surface area contributed by atoms with Crippen LogP contribution in [0.5, 0.6) is 0 Å². The van der Waals surface area contributed by atoms with E-state index >= 15 is 0 Å². The second-order valence-corrected chi connectivity index (χ2v) is 6.39. The van der Waals surface area contributed by atoms with Crippen LogP contribution >= 0.6 is 11.6 Å². The molecule has 3 N–H and O–H groups in total.